The van der Waals surface area contributed by atoms with Gasteiger partial charge in [-0.05, 0) is 67.6 Å². The highest BCUT2D eigenvalue weighted by Gasteiger charge is 2.43. The van der Waals surface area contributed by atoms with Gasteiger partial charge in [0, 0.05) is 12.6 Å². The Balaban J connectivity index is 1.42. The largest absolute Gasteiger partial charge is 0.489 e. The second-order valence-electron chi connectivity index (χ2n) is 9.25. The summed E-state index contributed by atoms with van der Waals surface area (Å²) in [5.74, 6) is -3.68. The molecule has 3 aromatic rings. The molecule has 10 nitrogen and oxygen atoms in total. The Morgan fingerprint density at radius 3 is 2.69 bits per heavy atom. The minimum Gasteiger partial charge on any atom is -0.489 e. The molecule has 0 spiro atoms. The van der Waals surface area contributed by atoms with Gasteiger partial charge in [-0.3, -0.25) is 14.0 Å². The number of ketones is 1. The van der Waals surface area contributed by atoms with E-state index in [2.05, 4.69) is 10.3 Å². The summed E-state index contributed by atoms with van der Waals surface area (Å²) in [5.41, 5.74) is 0.612. The molecule has 1 amide bonds. The van der Waals surface area contributed by atoms with Crippen LogP contribution in [0.3, 0.4) is 0 Å². The number of ether oxygens (including phenoxy) is 1. The summed E-state index contributed by atoms with van der Waals surface area (Å²) in [5, 5.41) is 8.78. The van der Waals surface area contributed by atoms with E-state index in [9.17, 15) is 31.2 Å². The minimum absolute atomic E-state index is 0.0673. The van der Waals surface area contributed by atoms with E-state index in [1.54, 1.807) is 0 Å². The van der Waals surface area contributed by atoms with Crippen LogP contribution >= 0.6 is 0 Å². The molecule has 206 valence electrons. The average molecular weight is 564 g/mol. The molecule has 1 fully saturated rings. The van der Waals surface area contributed by atoms with Gasteiger partial charge in [0.05, 0.1) is 40.8 Å². The molecular weight excluding hydrogens is 539 g/mol. The van der Waals surface area contributed by atoms with E-state index in [4.69, 9.17) is 4.74 Å². The molecule has 1 atom stereocenters. The van der Waals surface area contributed by atoms with Crippen molar-refractivity contribution < 1.29 is 35.9 Å². The molecule has 3 heterocycles. The topological polar surface area (TPSA) is 115 Å². The number of sulfonamides is 1. The zero-order valence-corrected chi connectivity index (χ0v) is 21.6. The number of hydrogen-bond acceptors (Lipinski definition) is 7. The molecular formula is C25H24F3N5O5S. The fourth-order valence-corrected chi connectivity index (χ4v) is 6.79. The molecule has 0 N–H and O–H groups in total. The number of carbonyl (C=O) groups is 2. The van der Waals surface area contributed by atoms with Crippen molar-refractivity contribution in [1.29, 1.82) is 0 Å². The first-order chi connectivity index (χ1) is 18.6. The SMILES string of the molecule is Cc1c(S(=O)(=O)N2CCC[C@H]2COc2ccc(F)cc2F)ccc2c1C(=O)C(=O)N2n1cc(CCCF)nn1. The van der Waals surface area contributed by atoms with Crippen LogP contribution < -0.4 is 9.75 Å². The van der Waals surface area contributed by atoms with Gasteiger partial charge in [-0.2, -0.15) is 14.1 Å². The maximum Gasteiger partial charge on any atom is 0.319 e. The van der Waals surface area contributed by atoms with E-state index < -0.39 is 46.1 Å². The predicted molar refractivity (Wildman–Crippen MR) is 131 cm³/mol. The van der Waals surface area contributed by atoms with E-state index in [1.807, 2.05) is 0 Å². The first-order valence-corrected chi connectivity index (χ1v) is 13.7. The van der Waals surface area contributed by atoms with Crippen LogP contribution in [0.25, 0.3) is 0 Å². The van der Waals surface area contributed by atoms with Crippen molar-refractivity contribution in [1.82, 2.24) is 19.4 Å². The van der Waals surface area contributed by atoms with Gasteiger partial charge < -0.3 is 4.74 Å². The molecule has 0 bridgehead atoms. The third-order valence-electron chi connectivity index (χ3n) is 6.77. The average Bonchev–Trinajstić information content (AvgIpc) is 3.61. The molecule has 14 heteroatoms. The Hall–Kier alpha value is -3.78. The second-order valence-corrected chi connectivity index (χ2v) is 11.1. The van der Waals surface area contributed by atoms with Crippen molar-refractivity contribution in [3.05, 3.63) is 65.0 Å². The van der Waals surface area contributed by atoms with Gasteiger partial charge in [-0.15, -0.1) is 5.10 Å². The smallest absolute Gasteiger partial charge is 0.319 e. The predicted octanol–water partition coefficient (Wildman–Crippen LogP) is 2.99. The van der Waals surface area contributed by atoms with Crippen LogP contribution in [0.5, 0.6) is 5.75 Å². The zero-order chi connectivity index (χ0) is 27.9. The Morgan fingerprint density at radius 1 is 1.15 bits per heavy atom. The number of carbonyl (C=O) groups excluding carboxylic acids is 2. The number of nitrogens with zero attached hydrogens (tertiary/aromatic N) is 5. The molecule has 2 aliphatic rings. The standard InChI is InChI=1S/C25H24F3N5O5S/c1-15-22(39(36,37)31-11-3-5-18(31)14-38-21-8-6-16(27)12-19(21)28)9-7-20-23(15)24(34)25(35)33(20)32-13-17(29-30-32)4-2-10-26/h6-9,12-13,18H,2-5,10-11,14H2,1H3/t18-/m0/s1. The Morgan fingerprint density at radius 2 is 1.95 bits per heavy atom. The van der Waals surface area contributed by atoms with Gasteiger partial charge in [-0.25, -0.2) is 17.2 Å². The Bertz CT molecular complexity index is 1560. The first kappa shape index (κ1) is 26.8. The molecule has 0 unspecified atom stereocenters. The Kier molecular flexibility index (Phi) is 7.16. The summed E-state index contributed by atoms with van der Waals surface area (Å²) < 4.78 is 73.8. The number of rotatable bonds is 9. The molecule has 1 aromatic heterocycles. The normalized spacial score (nSPS) is 17.7. The lowest BCUT2D eigenvalue weighted by Crippen LogP contribution is -2.39. The van der Waals surface area contributed by atoms with E-state index in [1.165, 1.54) is 29.6 Å². The summed E-state index contributed by atoms with van der Waals surface area (Å²) in [7, 11) is -4.14. The van der Waals surface area contributed by atoms with Gasteiger partial charge >= 0.3 is 5.91 Å². The van der Waals surface area contributed by atoms with Crippen molar-refractivity contribution >= 4 is 27.4 Å². The van der Waals surface area contributed by atoms with Crippen molar-refractivity contribution in [3.63, 3.8) is 0 Å². The lowest BCUT2D eigenvalue weighted by molar-refractivity contribution is -0.115. The lowest BCUT2D eigenvalue weighted by atomic mass is 10.1. The maximum absolute atomic E-state index is 14.0. The number of hydrogen-bond donors (Lipinski definition) is 0. The number of benzene rings is 2. The molecule has 1 saturated heterocycles. The lowest BCUT2D eigenvalue weighted by Gasteiger charge is -2.25. The summed E-state index contributed by atoms with van der Waals surface area (Å²) in [6.45, 7) is 0.927. The third-order valence-corrected chi connectivity index (χ3v) is 8.87. The number of fused-ring (bicyclic) bond motifs is 1. The van der Waals surface area contributed by atoms with Crippen molar-refractivity contribution in [3.8, 4) is 5.75 Å². The number of aromatic nitrogens is 3. The van der Waals surface area contributed by atoms with Crippen LogP contribution in [0.4, 0.5) is 18.9 Å². The monoisotopic (exact) mass is 563 g/mol. The Labute approximate surface area is 222 Å². The zero-order valence-electron chi connectivity index (χ0n) is 20.8. The van der Waals surface area contributed by atoms with Crippen molar-refractivity contribution in [2.75, 3.05) is 24.8 Å². The number of anilines is 1. The van der Waals surface area contributed by atoms with Gasteiger partial charge in [0.15, 0.2) is 11.6 Å². The van der Waals surface area contributed by atoms with Crippen molar-refractivity contribution in [2.24, 2.45) is 0 Å². The number of Topliss-reactive ketones (excluding diaryl/α,β-unsaturated/α-hetero) is 1. The van der Waals surface area contributed by atoms with Crippen molar-refractivity contribution in [2.45, 2.75) is 43.5 Å². The fraction of sp³-hybridized carbons (Fsp3) is 0.360. The molecule has 0 aliphatic carbocycles. The molecule has 0 saturated carbocycles. The van der Waals surface area contributed by atoms with Crippen LogP contribution in [0, 0.1) is 18.6 Å². The van der Waals surface area contributed by atoms with Crippen LogP contribution in [0.15, 0.2) is 41.4 Å². The minimum atomic E-state index is -4.14. The summed E-state index contributed by atoms with van der Waals surface area (Å²) >= 11 is 0. The molecule has 0 radical (unpaired) electrons. The second kappa shape index (κ2) is 10.4. The van der Waals surface area contributed by atoms with E-state index >= 15 is 0 Å². The molecule has 5 rings (SSSR count). The van der Waals surface area contributed by atoms with Gasteiger partial charge in [-0.1, -0.05) is 0 Å². The number of aryl methyl sites for hydroxylation is 1. The van der Waals surface area contributed by atoms with Gasteiger partial charge in [0.25, 0.3) is 5.78 Å². The van der Waals surface area contributed by atoms with E-state index in [-0.39, 0.29) is 47.0 Å². The number of halogens is 3. The highest BCUT2D eigenvalue weighted by Crippen LogP contribution is 2.37. The molecule has 39 heavy (non-hydrogen) atoms. The van der Waals surface area contributed by atoms with E-state index in [0.717, 1.165) is 21.9 Å². The van der Waals surface area contributed by atoms with Crippen LogP contribution in [-0.2, 0) is 21.2 Å². The first-order valence-electron chi connectivity index (χ1n) is 12.2. The van der Waals surface area contributed by atoms with Crippen LogP contribution in [0.2, 0.25) is 0 Å². The molecule has 2 aromatic carbocycles. The maximum atomic E-state index is 14.0. The quantitative estimate of drug-likeness (QED) is 0.368. The highest BCUT2D eigenvalue weighted by atomic mass is 32.2. The number of amides is 1. The highest BCUT2D eigenvalue weighted by molar-refractivity contribution is 7.89. The van der Waals surface area contributed by atoms with Gasteiger partial charge in [0.2, 0.25) is 10.0 Å². The summed E-state index contributed by atoms with van der Waals surface area (Å²) in [6.07, 6.45) is 2.92. The number of alkyl halides is 1. The van der Waals surface area contributed by atoms with Crippen LogP contribution in [-0.4, -0.2) is 65.4 Å². The van der Waals surface area contributed by atoms with Gasteiger partial charge in [0.1, 0.15) is 12.4 Å². The van der Waals surface area contributed by atoms with E-state index in [0.29, 0.717) is 31.0 Å². The van der Waals surface area contributed by atoms with Crippen LogP contribution in [0.1, 0.15) is 40.9 Å². The fourth-order valence-electron chi connectivity index (χ4n) is 4.88. The summed E-state index contributed by atoms with van der Waals surface area (Å²) in [4.78, 5) is 26.8. The summed E-state index contributed by atoms with van der Waals surface area (Å²) in [6, 6.07) is 4.91. The third kappa shape index (κ3) is 4.78. The molecule has 2 aliphatic heterocycles.